The highest BCUT2D eigenvalue weighted by molar-refractivity contribution is 7.89. The Morgan fingerprint density at radius 2 is 1.93 bits per heavy atom. The highest BCUT2D eigenvalue weighted by Crippen LogP contribution is 2.32. The van der Waals surface area contributed by atoms with Gasteiger partial charge in [-0.05, 0) is 50.3 Å². The summed E-state index contributed by atoms with van der Waals surface area (Å²) in [6, 6.07) is 3.54. The fraction of sp³-hybridized carbons (Fsp3) is 0.526. The maximum absolute atomic E-state index is 12.8. The third kappa shape index (κ3) is 5.51. The summed E-state index contributed by atoms with van der Waals surface area (Å²) in [4.78, 5) is 12.5. The minimum absolute atomic E-state index is 0.0749. The molecule has 1 saturated heterocycles. The average Bonchev–Trinajstić information content (AvgIpc) is 3.22. The van der Waals surface area contributed by atoms with Gasteiger partial charge in [-0.1, -0.05) is 12.2 Å². The van der Waals surface area contributed by atoms with Crippen molar-refractivity contribution >= 4 is 21.6 Å². The van der Waals surface area contributed by atoms with E-state index in [1.165, 1.54) is 16.4 Å². The van der Waals surface area contributed by atoms with Gasteiger partial charge in [-0.15, -0.1) is 0 Å². The molecule has 0 spiro atoms. The standard InChI is InChI=1S/C19H23F3N2O4S/c20-19(21,22)13-28-17-9-8-15(29(26,27)24-10-4-5-11-24)12-16(17)23-18(25)14-6-2-1-3-7-14/h1-2,8-9,12,14H,3-7,10-11,13H2,(H,23,25)/t14-/m0/s1. The smallest absolute Gasteiger partial charge is 0.422 e. The van der Waals surface area contributed by atoms with E-state index in [4.69, 9.17) is 4.74 Å². The molecule has 0 radical (unpaired) electrons. The molecule has 1 N–H and O–H groups in total. The van der Waals surface area contributed by atoms with Crippen molar-refractivity contribution in [1.29, 1.82) is 0 Å². The molecule has 6 nitrogen and oxygen atoms in total. The normalized spacial score (nSPS) is 20.6. The van der Waals surface area contributed by atoms with E-state index in [9.17, 15) is 26.4 Å². The first kappa shape index (κ1) is 21.6. The summed E-state index contributed by atoms with van der Waals surface area (Å²) < 4.78 is 69.5. The zero-order valence-electron chi connectivity index (χ0n) is 15.7. The molecule has 0 aromatic heterocycles. The monoisotopic (exact) mass is 432 g/mol. The van der Waals surface area contributed by atoms with E-state index in [1.807, 2.05) is 12.2 Å². The third-order valence-corrected chi connectivity index (χ3v) is 6.84. The Labute approximate surface area is 167 Å². The molecule has 1 fully saturated rings. The van der Waals surface area contributed by atoms with Crippen LogP contribution >= 0.6 is 0 Å². The van der Waals surface area contributed by atoms with Gasteiger partial charge in [0.05, 0.1) is 10.6 Å². The average molecular weight is 432 g/mol. The van der Waals surface area contributed by atoms with E-state index in [0.29, 0.717) is 25.9 Å². The van der Waals surface area contributed by atoms with E-state index in [2.05, 4.69) is 5.32 Å². The largest absolute Gasteiger partial charge is 0.482 e. The van der Waals surface area contributed by atoms with Crippen LogP contribution in [0.1, 0.15) is 32.1 Å². The van der Waals surface area contributed by atoms with Crippen molar-refractivity contribution in [3.8, 4) is 5.75 Å². The van der Waals surface area contributed by atoms with Crippen molar-refractivity contribution in [3.05, 3.63) is 30.4 Å². The van der Waals surface area contributed by atoms with Crippen molar-refractivity contribution in [2.24, 2.45) is 5.92 Å². The summed E-state index contributed by atoms with van der Waals surface area (Å²) in [5, 5.41) is 2.57. The van der Waals surface area contributed by atoms with Gasteiger partial charge < -0.3 is 10.1 Å². The van der Waals surface area contributed by atoms with Crippen LogP contribution in [0, 0.1) is 5.92 Å². The van der Waals surface area contributed by atoms with Gasteiger partial charge in [0.2, 0.25) is 15.9 Å². The molecule has 1 amide bonds. The molecule has 0 unspecified atom stereocenters. The molecule has 3 rings (SSSR count). The zero-order valence-corrected chi connectivity index (χ0v) is 16.6. The van der Waals surface area contributed by atoms with Crippen LogP contribution in [0.5, 0.6) is 5.75 Å². The number of halogens is 3. The highest BCUT2D eigenvalue weighted by atomic mass is 32.2. The highest BCUT2D eigenvalue weighted by Gasteiger charge is 2.31. The third-order valence-electron chi connectivity index (χ3n) is 4.94. The van der Waals surface area contributed by atoms with Gasteiger partial charge in [0, 0.05) is 19.0 Å². The number of carbonyl (C=O) groups is 1. The van der Waals surface area contributed by atoms with Gasteiger partial charge in [0.25, 0.3) is 0 Å². The maximum atomic E-state index is 12.8. The number of benzene rings is 1. The van der Waals surface area contributed by atoms with Gasteiger partial charge in [-0.2, -0.15) is 17.5 Å². The van der Waals surface area contributed by atoms with Crippen molar-refractivity contribution in [2.75, 3.05) is 25.0 Å². The number of rotatable bonds is 6. The molecular formula is C19H23F3N2O4S. The minimum atomic E-state index is -4.56. The Morgan fingerprint density at radius 1 is 1.21 bits per heavy atom. The van der Waals surface area contributed by atoms with Crippen LogP contribution in [0.3, 0.4) is 0 Å². The molecule has 1 aromatic carbocycles. The molecule has 2 aliphatic rings. The van der Waals surface area contributed by atoms with E-state index >= 15 is 0 Å². The number of carbonyl (C=O) groups excluding carboxylic acids is 1. The van der Waals surface area contributed by atoms with Crippen molar-refractivity contribution < 1.29 is 31.1 Å². The van der Waals surface area contributed by atoms with Crippen LogP contribution in [0.15, 0.2) is 35.2 Å². The van der Waals surface area contributed by atoms with E-state index in [-0.39, 0.29) is 28.2 Å². The summed E-state index contributed by atoms with van der Waals surface area (Å²) in [6.45, 7) is -0.754. The molecule has 10 heteroatoms. The van der Waals surface area contributed by atoms with Crippen LogP contribution in [0.25, 0.3) is 0 Å². The predicted molar refractivity (Wildman–Crippen MR) is 101 cm³/mol. The summed E-state index contributed by atoms with van der Waals surface area (Å²) >= 11 is 0. The molecule has 1 aliphatic heterocycles. The molecule has 29 heavy (non-hydrogen) atoms. The molecule has 1 aliphatic carbocycles. The number of hydrogen-bond donors (Lipinski definition) is 1. The number of anilines is 1. The number of allylic oxidation sites excluding steroid dienone is 2. The Morgan fingerprint density at radius 3 is 2.55 bits per heavy atom. The number of alkyl halides is 3. The molecule has 160 valence electrons. The summed E-state index contributed by atoms with van der Waals surface area (Å²) in [7, 11) is -3.79. The SMILES string of the molecule is O=C(Nc1cc(S(=O)(=O)N2CCCC2)ccc1OCC(F)(F)F)[C@H]1CC=CCC1. The second-order valence-corrected chi connectivity index (χ2v) is 9.08. The molecule has 0 saturated carbocycles. The lowest BCUT2D eigenvalue weighted by Crippen LogP contribution is -2.28. The second-order valence-electron chi connectivity index (χ2n) is 7.14. The Balaban J connectivity index is 1.87. The molecule has 1 atom stereocenters. The number of amides is 1. The Kier molecular flexibility index (Phi) is 6.52. The van der Waals surface area contributed by atoms with Gasteiger partial charge in [0.1, 0.15) is 5.75 Å². The molecular weight excluding hydrogens is 409 g/mol. The molecule has 1 aromatic rings. The lowest BCUT2D eigenvalue weighted by molar-refractivity contribution is -0.153. The van der Waals surface area contributed by atoms with Crippen LogP contribution in [-0.4, -0.2) is 44.5 Å². The van der Waals surface area contributed by atoms with E-state index in [1.54, 1.807) is 0 Å². The van der Waals surface area contributed by atoms with Crippen molar-refractivity contribution in [3.63, 3.8) is 0 Å². The van der Waals surface area contributed by atoms with Gasteiger partial charge in [0.15, 0.2) is 6.61 Å². The predicted octanol–water partition coefficient (Wildman–Crippen LogP) is 3.71. The topological polar surface area (TPSA) is 75.7 Å². The van der Waals surface area contributed by atoms with E-state index in [0.717, 1.165) is 25.3 Å². The van der Waals surface area contributed by atoms with Crippen LogP contribution in [0.2, 0.25) is 0 Å². The zero-order chi connectivity index (χ0) is 21.1. The fourth-order valence-electron chi connectivity index (χ4n) is 3.40. The second kappa shape index (κ2) is 8.74. The molecule has 0 bridgehead atoms. The fourth-order valence-corrected chi connectivity index (χ4v) is 4.94. The van der Waals surface area contributed by atoms with Gasteiger partial charge in [-0.3, -0.25) is 4.79 Å². The maximum Gasteiger partial charge on any atom is 0.422 e. The number of sulfonamides is 1. The minimum Gasteiger partial charge on any atom is -0.482 e. The van der Waals surface area contributed by atoms with Crippen LogP contribution in [-0.2, 0) is 14.8 Å². The van der Waals surface area contributed by atoms with E-state index < -0.39 is 22.8 Å². The van der Waals surface area contributed by atoms with Gasteiger partial charge in [-0.25, -0.2) is 8.42 Å². The first-order valence-corrected chi connectivity index (χ1v) is 10.9. The Hall–Kier alpha value is -2.07. The number of hydrogen-bond acceptors (Lipinski definition) is 4. The van der Waals surface area contributed by atoms with Crippen molar-refractivity contribution in [2.45, 2.75) is 43.2 Å². The Bertz CT molecular complexity index is 878. The number of ether oxygens (including phenoxy) is 1. The number of nitrogens with one attached hydrogen (secondary N) is 1. The van der Waals surface area contributed by atoms with Crippen LogP contribution < -0.4 is 10.1 Å². The first-order chi connectivity index (χ1) is 13.7. The first-order valence-electron chi connectivity index (χ1n) is 9.46. The van der Waals surface area contributed by atoms with Gasteiger partial charge >= 0.3 is 6.18 Å². The quantitative estimate of drug-likeness (QED) is 0.696. The summed E-state index contributed by atoms with van der Waals surface area (Å²) in [5.74, 6) is -0.918. The molecule has 1 heterocycles. The number of nitrogens with zero attached hydrogens (tertiary/aromatic N) is 1. The summed E-state index contributed by atoms with van der Waals surface area (Å²) in [5.41, 5.74) is -0.0749. The van der Waals surface area contributed by atoms with Crippen LogP contribution in [0.4, 0.5) is 18.9 Å². The van der Waals surface area contributed by atoms with Crippen molar-refractivity contribution in [1.82, 2.24) is 4.31 Å². The lowest BCUT2D eigenvalue weighted by Gasteiger charge is -2.21. The lowest BCUT2D eigenvalue weighted by atomic mass is 9.93. The summed E-state index contributed by atoms with van der Waals surface area (Å²) in [6.07, 6.45) is 2.67.